The molecule has 0 radical (unpaired) electrons. The molecule has 0 bridgehead atoms. The molecule has 0 aliphatic heterocycles. The second-order valence-electron chi connectivity index (χ2n) is 12.3. The van der Waals surface area contributed by atoms with Crippen molar-refractivity contribution in [2.45, 2.75) is 12.8 Å². The lowest BCUT2D eigenvalue weighted by Crippen LogP contribution is -2.05. The van der Waals surface area contributed by atoms with Gasteiger partial charge in [-0.05, 0) is 106 Å². The van der Waals surface area contributed by atoms with Crippen LogP contribution in [0.2, 0.25) is 0 Å². The summed E-state index contributed by atoms with van der Waals surface area (Å²) in [6.45, 7) is 0. The smallest absolute Gasteiger partial charge is 0.191 e. The van der Waals surface area contributed by atoms with Crippen molar-refractivity contribution >= 4 is 45.5 Å². The van der Waals surface area contributed by atoms with Crippen molar-refractivity contribution in [1.82, 2.24) is 0 Å². The van der Waals surface area contributed by atoms with Crippen LogP contribution < -0.4 is 22.1 Å². The predicted molar refractivity (Wildman–Crippen MR) is 181 cm³/mol. The van der Waals surface area contributed by atoms with Gasteiger partial charge in [0.15, 0.2) is 57.9 Å². The topological polar surface area (TPSA) is 101 Å². The number of nitrogens with one attached hydrogen (secondary N) is 2. The molecule has 260 valence electrons. The normalized spacial score (nSPS) is 12.5. The molecule has 8 rings (SSSR count). The van der Waals surface area contributed by atoms with Crippen LogP contribution in [0.15, 0.2) is 83.0 Å². The van der Waals surface area contributed by atoms with Gasteiger partial charge in [0, 0.05) is 22.7 Å². The second kappa shape index (κ2) is 12.1. The minimum Gasteiger partial charge on any atom is -0.399 e. The fourth-order valence-electron chi connectivity index (χ4n) is 6.64. The minimum atomic E-state index is -2.09. The molecule has 52 heavy (non-hydrogen) atoms. The van der Waals surface area contributed by atoms with E-state index in [1.165, 1.54) is 12.1 Å². The van der Waals surface area contributed by atoms with E-state index in [-0.39, 0.29) is 11.4 Å². The summed E-state index contributed by atoms with van der Waals surface area (Å²) >= 11 is 0. The summed E-state index contributed by atoms with van der Waals surface area (Å²) < 4.78 is 121. The molecule has 0 spiro atoms. The number of rotatable bonds is 6. The molecule has 0 amide bonds. The monoisotopic (exact) mass is 714 g/mol. The van der Waals surface area contributed by atoms with Crippen molar-refractivity contribution in [1.29, 1.82) is 0 Å². The third kappa shape index (κ3) is 5.25. The van der Waals surface area contributed by atoms with Crippen molar-refractivity contribution in [3.05, 3.63) is 142 Å². The van der Waals surface area contributed by atoms with E-state index in [9.17, 15) is 0 Å². The van der Waals surface area contributed by atoms with Gasteiger partial charge in [-0.25, -0.2) is 35.1 Å². The van der Waals surface area contributed by atoms with E-state index < -0.39 is 69.3 Å². The highest BCUT2D eigenvalue weighted by Crippen LogP contribution is 2.43. The Balaban J connectivity index is 1.06. The van der Waals surface area contributed by atoms with Crippen LogP contribution in [0.4, 0.5) is 80.6 Å². The van der Waals surface area contributed by atoms with Crippen molar-refractivity contribution in [2.24, 2.45) is 10.2 Å². The molecule has 6 aromatic carbocycles. The van der Waals surface area contributed by atoms with Gasteiger partial charge in [-0.1, -0.05) is 24.3 Å². The second-order valence-corrected chi connectivity index (χ2v) is 12.3. The van der Waals surface area contributed by atoms with Crippen LogP contribution in [0.3, 0.4) is 0 Å². The highest BCUT2D eigenvalue weighted by Gasteiger charge is 2.30. The summed E-state index contributed by atoms with van der Waals surface area (Å²) in [5.41, 5.74) is 13.9. The van der Waals surface area contributed by atoms with Crippen LogP contribution in [-0.4, -0.2) is 0 Å². The highest BCUT2D eigenvalue weighted by atomic mass is 19.2. The Hall–Kier alpha value is -6.44. The number of fused-ring (bicyclic) bond motifs is 6. The predicted octanol–water partition coefficient (Wildman–Crippen LogP) is 11.0. The number of hydrogen-bond acceptors (Lipinski definition) is 6. The molecule has 0 saturated heterocycles. The number of anilines is 6. The number of halogens is 8. The summed E-state index contributed by atoms with van der Waals surface area (Å²) in [6, 6.07) is 20.0. The highest BCUT2D eigenvalue weighted by molar-refractivity contribution is 5.82. The zero-order valence-corrected chi connectivity index (χ0v) is 26.4. The van der Waals surface area contributed by atoms with Gasteiger partial charge in [0.1, 0.15) is 11.4 Å². The molecule has 0 heterocycles. The van der Waals surface area contributed by atoms with E-state index in [2.05, 4.69) is 20.9 Å². The molecule has 6 N–H and O–H groups in total. The standard InChI is InChI=1S/C38H22F8N6/c39-27-31(43)37(32(44)28(40)35(27)49-21-3-7-25-17(13-21)9-15-11-19(47)1-5-23(15)25)51-52-38-33(45)29(41)36(30(42)34(38)46)50-22-4-8-26-18(14-22)10-16-12-20(48)2-6-24(16)26/h1-8,11-14,49-50H,9-10,47-48H2. The van der Waals surface area contributed by atoms with Gasteiger partial charge in [0.05, 0.1) is 0 Å². The van der Waals surface area contributed by atoms with E-state index in [0.29, 0.717) is 24.2 Å². The molecule has 0 aromatic heterocycles. The average molecular weight is 715 g/mol. The summed E-state index contributed by atoms with van der Waals surface area (Å²) in [4.78, 5) is 0. The van der Waals surface area contributed by atoms with E-state index in [1.54, 1.807) is 48.5 Å². The lowest BCUT2D eigenvalue weighted by Gasteiger charge is -2.13. The molecule has 14 heteroatoms. The van der Waals surface area contributed by atoms with Crippen LogP contribution in [0, 0.1) is 46.5 Å². The van der Waals surface area contributed by atoms with Crippen molar-refractivity contribution in [2.75, 3.05) is 22.1 Å². The lowest BCUT2D eigenvalue weighted by atomic mass is 10.0. The first-order valence-corrected chi connectivity index (χ1v) is 15.6. The summed E-state index contributed by atoms with van der Waals surface area (Å²) in [7, 11) is 0. The van der Waals surface area contributed by atoms with Gasteiger partial charge in [0.2, 0.25) is 0 Å². The fraction of sp³-hybridized carbons (Fsp3) is 0.0526. The van der Waals surface area contributed by atoms with Gasteiger partial charge < -0.3 is 22.1 Å². The molecule has 6 nitrogen and oxygen atoms in total. The molecule has 2 aliphatic rings. The fourth-order valence-corrected chi connectivity index (χ4v) is 6.64. The number of nitrogen functional groups attached to an aromatic ring is 2. The van der Waals surface area contributed by atoms with E-state index in [0.717, 1.165) is 44.5 Å². The minimum absolute atomic E-state index is 0.0875. The maximum atomic E-state index is 15.1. The summed E-state index contributed by atoms with van der Waals surface area (Å²) in [5, 5.41) is 10.5. The van der Waals surface area contributed by atoms with E-state index in [1.807, 2.05) is 12.1 Å². The molecule has 0 fully saturated rings. The van der Waals surface area contributed by atoms with Crippen LogP contribution >= 0.6 is 0 Å². The number of hydrogen-bond donors (Lipinski definition) is 4. The molecular formula is C38H22F8N6. The molecule has 0 atom stereocenters. The molecular weight excluding hydrogens is 692 g/mol. The summed E-state index contributed by atoms with van der Waals surface area (Å²) in [6.07, 6.45) is 0.895. The van der Waals surface area contributed by atoms with Gasteiger partial charge in [-0.2, -0.15) is 0 Å². The Bertz CT molecular complexity index is 2320. The van der Waals surface area contributed by atoms with Crippen LogP contribution in [0.25, 0.3) is 22.3 Å². The average Bonchev–Trinajstić information content (AvgIpc) is 3.67. The van der Waals surface area contributed by atoms with E-state index in [4.69, 9.17) is 11.5 Å². The number of nitrogens with two attached hydrogens (primary N) is 2. The molecule has 0 unspecified atom stereocenters. The quantitative estimate of drug-likeness (QED) is 0.0596. The lowest BCUT2D eigenvalue weighted by molar-refractivity contribution is 0.457. The van der Waals surface area contributed by atoms with Gasteiger partial charge in [0.25, 0.3) is 0 Å². The van der Waals surface area contributed by atoms with Crippen molar-refractivity contribution < 1.29 is 35.1 Å². The Morgan fingerprint density at radius 3 is 1.06 bits per heavy atom. The SMILES string of the molecule is Nc1ccc2c(c1)Cc1cc(Nc3c(F)c(F)c(N=Nc4c(F)c(F)c(Nc5ccc6c(c5)Cc5cc(N)ccc5-6)c(F)c4F)c(F)c3F)ccc1-2. The maximum Gasteiger partial charge on any atom is 0.191 e. The first kappa shape index (κ1) is 32.7. The van der Waals surface area contributed by atoms with Gasteiger partial charge in [-0.3, -0.25) is 0 Å². The molecule has 2 aliphatic carbocycles. The third-order valence-electron chi connectivity index (χ3n) is 9.08. The number of azo groups is 1. The first-order chi connectivity index (χ1) is 24.9. The van der Waals surface area contributed by atoms with Crippen LogP contribution in [-0.2, 0) is 12.8 Å². The third-order valence-corrected chi connectivity index (χ3v) is 9.08. The van der Waals surface area contributed by atoms with Gasteiger partial charge in [-0.15, -0.1) is 10.2 Å². The zero-order chi connectivity index (χ0) is 36.6. The zero-order valence-electron chi connectivity index (χ0n) is 26.4. The Morgan fingerprint density at radius 1 is 0.404 bits per heavy atom. The van der Waals surface area contributed by atoms with Gasteiger partial charge >= 0.3 is 0 Å². The largest absolute Gasteiger partial charge is 0.399 e. The number of benzene rings is 6. The van der Waals surface area contributed by atoms with Crippen molar-refractivity contribution in [3.63, 3.8) is 0 Å². The van der Waals surface area contributed by atoms with E-state index >= 15 is 35.1 Å². The molecule has 6 aromatic rings. The van der Waals surface area contributed by atoms with Crippen molar-refractivity contribution in [3.8, 4) is 22.3 Å². The first-order valence-electron chi connectivity index (χ1n) is 15.6. The Kier molecular flexibility index (Phi) is 7.63. The Labute approximate surface area is 289 Å². The van der Waals surface area contributed by atoms with Crippen LogP contribution in [0.5, 0.6) is 0 Å². The maximum absolute atomic E-state index is 15.1. The Morgan fingerprint density at radius 2 is 0.712 bits per heavy atom. The molecule has 0 saturated carbocycles. The summed E-state index contributed by atoms with van der Waals surface area (Å²) in [5.74, 6) is -16.1. The van der Waals surface area contributed by atoms with Crippen LogP contribution in [0.1, 0.15) is 22.3 Å². The number of nitrogens with zero attached hydrogens (tertiary/aromatic N) is 2.